The minimum Gasteiger partial charge on any atom is -0.398 e. The number of carbonyl (C=O) groups excluding carboxylic acids is 1. The van der Waals surface area contributed by atoms with Crippen molar-refractivity contribution in [1.82, 2.24) is 0 Å². The van der Waals surface area contributed by atoms with Gasteiger partial charge in [-0.05, 0) is 30.3 Å². The van der Waals surface area contributed by atoms with Crippen LogP contribution in [-0.2, 0) is 0 Å². The van der Waals surface area contributed by atoms with E-state index in [4.69, 9.17) is 17.3 Å². The predicted molar refractivity (Wildman–Crippen MR) is 84.6 cm³/mol. The summed E-state index contributed by atoms with van der Waals surface area (Å²) in [5.74, 6) is -0.432. The van der Waals surface area contributed by atoms with Gasteiger partial charge in [0, 0.05) is 21.9 Å². The summed E-state index contributed by atoms with van der Waals surface area (Å²) in [4.78, 5) is 22.2. The number of nitrogens with zero attached hydrogens (tertiary/aromatic N) is 1. The van der Waals surface area contributed by atoms with Crippen LogP contribution in [0.5, 0.6) is 0 Å². The van der Waals surface area contributed by atoms with Crippen LogP contribution in [0.25, 0.3) is 0 Å². The van der Waals surface area contributed by atoms with Crippen molar-refractivity contribution in [1.29, 1.82) is 0 Å². The third kappa shape index (κ3) is 3.50. The van der Waals surface area contributed by atoms with Gasteiger partial charge in [0.25, 0.3) is 11.6 Å². The van der Waals surface area contributed by atoms with Gasteiger partial charge >= 0.3 is 0 Å². The average molecular weight is 371 g/mol. The second kappa shape index (κ2) is 6.11. The number of amides is 1. The third-order valence-electron chi connectivity index (χ3n) is 2.66. The number of nitrogens with two attached hydrogens (primary N) is 1. The fourth-order valence-corrected chi connectivity index (χ4v) is 2.27. The molecular weight excluding hydrogens is 362 g/mol. The number of nitrogen functional groups attached to an aromatic ring is 1. The van der Waals surface area contributed by atoms with Crippen molar-refractivity contribution in [2.75, 3.05) is 11.1 Å². The topological polar surface area (TPSA) is 98.3 Å². The standard InChI is InChI=1S/C13H9BrClN3O3/c14-7-1-3-11(16)9(5-7)13(19)17-8-2-4-12(18(20)21)10(15)6-8/h1-6H,16H2,(H,17,19). The van der Waals surface area contributed by atoms with Crippen LogP contribution in [0.15, 0.2) is 40.9 Å². The SMILES string of the molecule is Nc1ccc(Br)cc1C(=O)Nc1ccc([N+](=O)[O-])c(Cl)c1. The molecule has 3 N–H and O–H groups in total. The minimum atomic E-state index is -0.597. The molecule has 0 atom stereocenters. The lowest BCUT2D eigenvalue weighted by Crippen LogP contribution is -2.14. The first kappa shape index (κ1) is 15.3. The van der Waals surface area contributed by atoms with Crippen LogP contribution in [0.1, 0.15) is 10.4 Å². The van der Waals surface area contributed by atoms with Crippen LogP contribution >= 0.6 is 27.5 Å². The Kier molecular flexibility index (Phi) is 4.44. The Balaban J connectivity index is 2.26. The molecule has 0 heterocycles. The highest BCUT2D eigenvalue weighted by molar-refractivity contribution is 9.10. The molecule has 0 saturated carbocycles. The normalized spacial score (nSPS) is 10.2. The highest BCUT2D eigenvalue weighted by Gasteiger charge is 2.15. The molecule has 2 rings (SSSR count). The smallest absolute Gasteiger partial charge is 0.288 e. The lowest BCUT2D eigenvalue weighted by Gasteiger charge is -2.08. The largest absolute Gasteiger partial charge is 0.398 e. The van der Waals surface area contributed by atoms with E-state index >= 15 is 0 Å². The molecule has 0 saturated heterocycles. The van der Waals surface area contributed by atoms with E-state index in [0.717, 1.165) is 0 Å². The van der Waals surface area contributed by atoms with Crippen molar-refractivity contribution in [3.8, 4) is 0 Å². The van der Waals surface area contributed by atoms with Crippen LogP contribution in [0.3, 0.4) is 0 Å². The van der Waals surface area contributed by atoms with Crippen LogP contribution in [0, 0.1) is 10.1 Å². The number of halogens is 2. The summed E-state index contributed by atoms with van der Waals surface area (Å²) in [5.41, 5.74) is 6.47. The van der Waals surface area contributed by atoms with Gasteiger partial charge in [-0.2, -0.15) is 0 Å². The molecule has 2 aromatic rings. The average Bonchev–Trinajstić information content (AvgIpc) is 2.41. The molecule has 108 valence electrons. The molecule has 0 aliphatic heterocycles. The number of hydrogen-bond acceptors (Lipinski definition) is 4. The second-order valence-electron chi connectivity index (χ2n) is 4.11. The van der Waals surface area contributed by atoms with Gasteiger partial charge in [0.2, 0.25) is 0 Å². The summed E-state index contributed by atoms with van der Waals surface area (Å²) in [5, 5.41) is 13.2. The molecule has 1 amide bonds. The number of rotatable bonds is 3. The van der Waals surface area contributed by atoms with E-state index in [-0.39, 0.29) is 10.7 Å². The number of nitrogens with one attached hydrogen (secondary N) is 1. The molecule has 21 heavy (non-hydrogen) atoms. The first-order chi connectivity index (χ1) is 9.88. The number of hydrogen-bond donors (Lipinski definition) is 2. The first-order valence-corrected chi connectivity index (χ1v) is 6.86. The fraction of sp³-hybridized carbons (Fsp3) is 0. The molecule has 0 aliphatic rings. The van der Waals surface area contributed by atoms with Crippen molar-refractivity contribution in [2.45, 2.75) is 0 Å². The van der Waals surface area contributed by atoms with E-state index in [0.29, 0.717) is 21.4 Å². The minimum absolute atomic E-state index is 0.0555. The monoisotopic (exact) mass is 369 g/mol. The molecule has 0 bridgehead atoms. The fourth-order valence-electron chi connectivity index (χ4n) is 1.66. The number of benzene rings is 2. The van der Waals surface area contributed by atoms with E-state index < -0.39 is 10.8 Å². The van der Waals surface area contributed by atoms with Gasteiger partial charge in [0.05, 0.1) is 10.5 Å². The van der Waals surface area contributed by atoms with Gasteiger partial charge in [-0.1, -0.05) is 27.5 Å². The molecular formula is C13H9BrClN3O3. The van der Waals surface area contributed by atoms with Gasteiger partial charge in [-0.25, -0.2) is 0 Å². The molecule has 0 aliphatic carbocycles. The maximum absolute atomic E-state index is 12.1. The summed E-state index contributed by atoms with van der Waals surface area (Å²) >= 11 is 9.04. The van der Waals surface area contributed by atoms with E-state index in [1.807, 2.05) is 0 Å². The van der Waals surface area contributed by atoms with Gasteiger partial charge in [0.1, 0.15) is 5.02 Å². The highest BCUT2D eigenvalue weighted by atomic mass is 79.9. The maximum atomic E-state index is 12.1. The molecule has 6 nitrogen and oxygen atoms in total. The Hall–Kier alpha value is -2.12. The zero-order chi connectivity index (χ0) is 15.6. The highest BCUT2D eigenvalue weighted by Crippen LogP contribution is 2.28. The van der Waals surface area contributed by atoms with E-state index in [1.54, 1.807) is 18.2 Å². The molecule has 0 fully saturated rings. The zero-order valence-corrected chi connectivity index (χ0v) is 12.8. The van der Waals surface area contributed by atoms with Crippen LogP contribution in [0.2, 0.25) is 5.02 Å². The summed E-state index contributed by atoms with van der Waals surface area (Å²) in [7, 11) is 0. The lowest BCUT2D eigenvalue weighted by molar-refractivity contribution is -0.384. The van der Waals surface area contributed by atoms with E-state index in [1.165, 1.54) is 18.2 Å². The Morgan fingerprint density at radius 1 is 1.29 bits per heavy atom. The third-order valence-corrected chi connectivity index (χ3v) is 3.46. The molecule has 0 spiro atoms. The van der Waals surface area contributed by atoms with Gasteiger partial charge in [0.15, 0.2) is 0 Å². The molecule has 0 aromatic heterocycles. The summed E-state index contributed by atoms with van der Waals surface area (Å²) in [6, 6.07) is 8.83. The number of carbonyl (C=O) groups is 1. The van der Waals surface area contributed by atoms with Gasteiger partial charge in [-0.15, -0.1) is 0 Å². The molecule has 8 heteroatoms. The lowest BCUT2D eigenvalue weighted by atomic mass is 10.1. The van der Waals surface area contributed by atoms with Gasteiger partial charge in [-0.3, -0.25) is 14.9 Å². The van der Waals surface area contributed by atoms with Crippen LogP contribution < -0.4 is 11.1 Å². The predicted octanol–water partition coefficient (Wildman–Crippen LogP) is 3.85. The van der Waals surface area contributed by atoms with Crippen molar-refractivity contribution in [2.24, 2.45) is 0 Å². The summed E-state index contributed by atoms with van der Waals surface area (Å²) in [6.45, 7) is 0. The van der Waals surface area contributed by atoms with Crippen LogP contribution in [0.4, 0.5) is 17.1 Å². The molecule has 2 aromatic carbocycles. The van der Waals surface area contributed by atoms with E-state index in [9.17, 15) is 14.9 Å². The first-order valence-electron chi connectivity index (χ1n) is 5.69. The quantitative estimate of drug-likeness (QED) is 0.487. The number of nitro groups is 1. The Labute approximate surface area is 133 Å². The van der Waals surface area contributed by atoms with Crippen molar-refractivity contribution >= 4 is 50.5 Å². The van der Waals surface area contributed by atoms with Crippen molar-refractivity contribution in [3.63, 3.8) is 0 Å². The second-order valence-corrected chi connectivity index (χ2v) is 5.43. The molecule has 0 unspecified atom stereocenters. The van der Waals surface area contributed by atoms with Crippen LogP contribution in [-0.4, -0.2) is 10.8 Å². The van der Waals surface area contributed by atoms with E-state index in [2.05, 4.69) is 21.2 Å². The summed E-state index contributed by atoms with van der Waals surface area (Å²) < 4.78 is 0.712. The number of anilines is 2. The Morgan fingerprint density at radius 3 is 2.62 bits per heavy atom. The Morgan fingerprint density at radius 2 is 2.00 bits per heavy atom. The summed E-state index contributed by atoms with van der Waals surface area (Å²) in [6.07, 6.45) is 0. The van der Waals surface area contributed by atoms with Gasteiger partial charge < -0.3 is 11.1 Å². The van der Waals surface area contributed by atoms with Crippen molar-refractivity contribution < 1.29 is 9.72 Å². The van der Waals surface area contributed by atoms with Crippen molar-refractivity contribution in [3.05, 3.63) is 61.6 Å². The zero-order valence-electron chi connectivity index (χ0n) is 10.5. The molecule has 0 radical (unpaired) electrons. The number of nitro benzene ring substituents is 1. The maximum Gasteiger partial charge on any atom is 0.288 e. The Bertz CT molecular complexity index is 737.